The van der Waals surface area contributed by atoms with Crippen LogP contribution in [-0.2, 0) is 11.2 Å². The van der Waals surface area contributed by atoms with Gasteiger partial charge in [-0.15, -0.1) is 0 Å². The second-order valence-electron chi connectivity index (χ2n) is 7.73. The summed E-state index contributed by atoms with van der Waals surface area (Å²) < 4.78 is 0. The lowest BCUT2D eigenvalue weighted by atomic mass is 9.93. The highest BCUT2D eigenvalue weighted by Gasteiger charge is 2.35. The molecule has 150 valence electrons. The van der Waals surface area contributed by atoms with E-state index in [1.54, 1.807) is 41.6 Å². The molecule has 2 aliphatic rings. The monoisotopic (exact) mass is 383 g/mol. The standard InChI is InChI=1S/C21H29N5O2/c22-15-24-14-18-13-17(25-9-2-1-3-10-25)8-11-26(18)21(28)20(23)12-16-4-6-19(27)7-5-16/h4-7,14,17-18,20,27H,1-3,8-13,23H2/t17?,18?,20-/m1/s1. The van der Waals surface area contributed by atoms with E-state index in [0.717, 1.165) is 31.5 Å². The minimum atomic E-state index is -0.658. The summed E-state index contributed by atoms with van der Waals surface area (Å²) >= 11 is 0. The summed E-state index contributed by atoms with van der Waals surface area (Å²) in [5.74, 6) is 0.0794. The minimum Gasteiger partial charge on any atom is -0.508 e. The van der Waals surface area contributed by atoms with Crippen LogP contribution in [0.1, 0.15) is 37.7 Å². The molecule has 0 aliphatic carbocycles. The smallest absolute Gasteiger partial charge is 0.240 e. The Morgan fingerprint density at radius 1 is 1.29 bits per heavy atom. The molecule has 1 aromatic carbocycles. The summed E-state index contributed by atoms with van der Waals surface area (Å²) in [5.41, 5.74) is 7.12. The van der Waals surface area contributed by atoms with Gasteiger partial charge in [0.25, 0.3) is 0 Å². The summed E-state index contributed by atoms with van der Waals surface area (Å²) in [5, 5.41) is 18.3. The first-order chi connectivity index (χ1) is 13.6. The number of carbonyl (C=O) groups excluding carboxylic acids is 1. The Kier molecular flexibility index (Phi) is 7.01. The van der Waals surface area contributed by atoms with Gasteiger partial charge in [-0.25, -0.2) is 0 Å². The molecule has 3 atom stereocenters. The third-order valence-electron chi connectivity index (χ3n) is 5.82. The van der Waals surface area contributed by atoms with Crippen molar-refractivity contribution in [3.63, 3.8) is 0 Å². The lowest BCUT2D eigenvalue weighted by Gasteiger charge is -2.44. The van der Waals surface area contributed by atoms with E-state index in [9.17, 15) is 9.90 Å². The number of nitriles is 1. The van der Waals surface area contributed by atoms with E-state index in [2.05, 4.69) is 9.89 Å². The molecular weight excluding hydrogens is 354 g/mol. The maximum absolute atomic E-state index is 13.0. The Balaban J connectivity index is 1.66. The van der Waals surface area contributed by atoms with Crippen molar-refractivity contribution in [2.75, 3.05) is 19.6 Å². The number of aliphatic imine (C=N–C) groups is 1. The second-order valence-corrected chi connectivity index (χ2v) is 7.73. The average molecular weight is 383 g/mol. The summed E-state index contributed by atoms with van der Waals surface area (Å²) in [6, 6.07) is 6.32. The molecule has 7 heteroatoms. The van der Waals surface area contributed by atoms with E-state index in [1.165, 1.54) is 19.3 Å². The number of piperidine rings is 2. The van der Waals surface area contributed by atoms with E-state index < -0.39 is 6.04 Å². The molecule has 2 fully saturated rings. The van der Waals surface area contributed by atoms with Gasteiger partial charge in [0.2, 0.25) is 12.1 Å². The van der Waals surface area contributed by atoms with E-state index in [4.69, 9.17) is 11.0 Å². The van der Waals surface area contributed by atoms with Gasteiger partial charge in [0.1, 0.15) is 5.75 Å². The van der Waals surface area contributed by atoms with Crippen LogP contribution >= 0.6 is 0 Å². The largest absolute Gasteiger partial charge is 0.508 e. The molecule has 7 nitrogen and oxygen atoms in total. The summed E-state index contributed by atoms with van der Waals surface area (Å²) in [6.07, 6.45) is 9.28. The van der Waals surface area contributed by atoms with Crippen molar-refractivity contribution < 1.29 is 9.90 Å². The van der Waals surface area contributed by atoms with Crippen molar-refractivity contribution in [1.82, 2.24) is 9.80 Å². The third kappa shape index (κ3) is 5.09. The fourth-order valence-electron chi connectivity index (χ4n) is 4.31. The fourth-order valence-corrected chi connectivity index (χ4v) is 4.31. The molecule has 2 unspecified atom stereocenters. The van der Waals surface area contributed by atoms with Gasteiger partial charge >= 0.3 is 0 Å². The van der Waals surface area contributed by atoms with Gasteiger partial charge in [0.05, 0.1) is 12.1 Å². The molecule has 2 aliphatic heterocycles. The highest BCUT2D eigenvalue weighted by atomic mass is 16.3. The molecule has 2 heterocycles. The molecule has 3 N–H and O–H groups in total. The molecular formula is C21H29N5O2. The number of nitrogens with two attached hydrogens (primary N) is 1. The van der Waals surface area contributed by atoms with Gasteiger partial charge in [0, 0.05) is 18.8 Å². The zero-order valence-electron chi connectivity index (χ0n) is 16.2. The number of hydrogen-bond acceptors (Lipinski definition) is 6. The number of aromatic hydroxyl groups is 1. The summed E-state index contributed by atoms with van der Waals surface area (Å²) in [7, 11) is 0. The van der Waals surface area contributed by atoms with Gasteiger partial charge in [-0.3, -0.25) is 4.79 Å². The first-order valence-electron chi connectivity index (χ1n) is 10.1. The molecule has 3 rings (SSSR count). The SMILES string of the molecule is N#CN=CC1CC(N2CCCCC2)CCN1C(=O)[C@H](N)Cc1ccc(O)cc1. The topological polar surface area (TPSA) is 106 Å². The molecule has 1 amide bonds. The third-order valence-corrected chi connectivity index (χ3v) is 5.82. The number of nitrogens with zero attached hydrogens (tertiary/aromatic N) is 4. The van der Waals surface area contributed by atoms with Crippen LogP contribution < -0.4 is 5.73 Å². The van der Waals surface area contributed by atoms with Crippen molar-refractivity contribution >= 4 is 12.1 Å². The van der Waals surface area contributed by atoms with Crippen LogP contribution in [0.5, 0.6) is 5.75 Å². The van der Waals surface area contributed by atoms with Crippen molar-refractivity contribution in [3.8, 4) is 11.9 Å². The van der Waals surface area contributed by atoms with E-state index in [1.807, 2.05) is 0 Å². The van der Waals surface area contributed by atoms with E-state index in [0.29, 0.717) is 19.0 Å². The zero-order valence-corrected chi connectivity index (χ0v) is 16.2. The number of likely N-dealkylation sites (tertiary alicyclic amines) is 2. The molecule has 2 saturated heterocycles. The maximum atomic E-state index is 13.0. The van der Waals surface area contributed by atoms with Crippen LogP contribution in [0.25, 0.3) is 0 Å². The number of phenols is 1. The maximum Gasteiger partial charge on any atom is 0.240 e. The average Bonchev–Trinajstić information content (AvgIpc) is 2.73. The fraction of sp³-hybridized carbons (Fsp3) is 0.571. The molecule has 0 spiro atoms. The Labute approximate surface area is 166 Å². The van der Waals surface area contributed by atoms with Crippen molar-refractivity contribution in [3.05, 3.63) is 29.8 Å². The molecule has 0 aromatic heterocycles. The summed E-state index contributed by atoms with van der Waals surface area (Å²) in [4.78, 5) is 21.1. The number of carbonyl (C=O) groups is 1. The van der Waals surface area contributed by atoms with Crippen molar-refractivity contribution in [2.24, 2.45) is 10.7 Å². The van der Waals surface area contributed by atoms with Gasteiger partial charge in [-0.05, 0) is 62.9 Å². The Morgan fingerprint density at radius 2 is 2.00 bits per heavy atom. The number of benzene rings is 1. The van der Waals surface area contributed by atoms with E-state index >= 15 is 0 Å². The van der Waals surface area contributed by atoms with Crippen LogP contribution in [0.4, 0.5) is 0 Å². The first-order valence-corrected chi connectivity index (χ1v) is 10.1. The summed E-state index contributed by atoms with van der Waals surface area (Å²) in [6.45, 7) is 2.85. The van der Waals surface area contributed by atoms with Crippen LogP contribution in [-0.4, -0.2) is 64.8 Å². The molecule has 28 heavy (non-hydrogen) atoms. The second kappa shape index (κ2) is 9.67. The Hall–Kier alpha value is -2.43. The van der Waals surface area contributed by atoms with Crippen LogP contribution in [0.3, 0.4) is 0 Å². The predicted molar refractivity (Wildman–Crippen MR) is 108 cm³/mol. The Bertz CT molecular complexity index is 721. The molecule has 0 saturated carbocycles. The van der Waals surface area contributed by atoms with E-state index in [-0.39, 0.29) is 17.7 Å². The van der Waals surface area contributed by atoms with Gasteiger partial charge in [-0.1, -0.05) is 18.6 Å². The first kappa shape index (κ1) is 20.3. The lowest BCUT2D eigenvalue weighted by Crippen LogP contribution is -2.57. The number of hydrogen-bond donors (Lipinski definition) is 2. The molecule has 0 radical (unpaired) electrons. The van der Waals surface area contributed by atoms with Crippen LogP contribution in [0.2, 0.25) is 0 Å². The number of phenolic OH excluding ortho intramolecular Hbond substituents is 1. The van der Waals surface area contributed by atoms with Crippen molar-refractivity contribution in [2.45, 2.75) is 56.7 Å². The predicted octanol–water partition coefficient (Wildman–Crippen LogP) is 1.66. The zero-order chi connectivity index (χ0) is 19.9. The highest BCUT2D eigenvalue weighted by Crippen LogP contribution is 2.25. The minimum absolute atomic E-state index is 0.112. The number of rotatable bonds is 5. The number of amides is 1. The quantitative estimate of drug-likeness (QED) is 0.594. The Morgan fingerprint density at radius 3 is 2.68 bits per heavy atom. The molecule has 0 bridgehead atoms. The van der Waals surface area contributed by atoms with Gasteiger partial charge in [-0.2, -0.15) is 10.3 Å². The van der Waals surface area contributed by atoms with Crippen molar-refractivity contribution in [1.29, 1.82) is 5.26 Å². The highest BCUT2D eigenvalue weighted by molar-refractivity contribution is 5.85. The van der Waals surface area contributed by atoms with Crippen LogP contribution in [0.15, 0.2) is 29.3 Å². The van der Waals surface area contributed by atoms with Gasteiger partial charge in [0.15, 0.2) is 0 Å². The van der Waals surface area contributed by atoms with Crippen LogP contribution in [0, 0.1) is 11.5 Å². The molecule has 1 aromatic rings. The lowest BCUT2D eigenvalue weighted by molar-refractivity contribution is -0.135. The normalized spacial score (nSPS) is 24.8. The van der Waals surface area contributed by atoms with Gasteiger partial charge < -0.3 is 20.6 Å².